The molecule has 0 spiro atoms. The van der Waals surface area contributed by atoms with Crippen LogP contribution in [-0.4, -0.2) is 37.5 Å². The van der Waals surface area contributed by atoms with Gasteiger partial charge in [0.05, 0.1) is 5.41 Å². The molecule has 1 aliphatic carbocycles. The Morgan fingerprint density at radius 3 is 2.77 bits per heavy atom. The summed E-state index contributed by atoms with van der Waals surface area (Å²) in [5.74, 6) is -0.753. The van der Waals surface area contributed by atoms with E-state index in [1.807, 2.05) is 0 Å². The molecule has 1 unspecified atom stereocenters. The molecule has 3 N–H and O–H groups in total. The van der Waals surface area contributed by atoms with Crippen molar-refractivity contribution in [3.8, 4) is 0 Å². The Balaban J connectivity index is 2.27. The molecule has 0 bridgehead atoms. The molecule has 6 nitrogen and oxygen atoms in total. The second-order valence-electron chi connectivity index (χ2n) is 3.23. The highest BCUT2D eigenvalue weighted by molar-refractivity contribution is 5.75. The number of aliphatic hydroxyl groups is 1. The Hall–Kier alpha value is -1.43. The smallest absolute Gasteiger partial charge is 0.333 e. The van der Waals surface area contributed by atoms with E-state index in [2.05, 4.69) is 15.2 Å². The molecule has 70 valence electrons. The van der Waals surface area contributed by atoms with E-state index in [1.54, 1.807) is 0 Å². The Kier molecular flexibility index (Phi) is 1.59. The van der Waals surface area contributed by atoms with Gasteiger partial charge in [-0.3, -0.25) is 5.10 Å². The first-order valence-corrected chi connectivity index (χ1v) is 3.93. The predicted octanol–water partition coefficient (Wildman–Crippen LogP) is -0.718. The van der Waals surface area contributed by atoms with Gasteiger partial charge in [-0.2, -0.15) is 5.10 Å². The van der Waals surface area contributed by atoms with Crippen LogP contribution >= 0.6 is 0 Å². The van der Waals surface area contributed by atoms with Crippen molar-refractivity contribution in [2.45, 2.75) is 24.4 Å². The lowest BCUT2D eigenvalue weighted by atomic mass is 9.99. The minimum Gasteiger partial charge on any atom is -0.479 e. The fraction of sp³-hybridized carbons (Fsp3) is 0.571. The van der Waals surface area contributed by atoms with Crippen LogP contribution in [0.25, 0.3) is 0 Å². The Labute approximate surface area is 73.6 Å². The highest BCUT2D eigenvalue weighted by Crippen LogP contribution is 2.49. The van der Waals surface area contributed by atoms with E-state index >= 15 is 0 Å². The van der Waals surface area contributed by atoms with Gasteiger partial charge in [-0.15, -0.1) is 0 Å². The SMILES string of the molecule is O=C(O)C(O)C1(c2ncn[nH]2)CC1. The van der Waals surface area contributed by atoms with Crippen molar-refractivity contribution < 1.29 is 15.0 Å². The van der Waals surface area contributed by atoms with Gasteiger partial charge in [0.1, 0.15) is 12.2 Å². The number of aliphatic carboxylic acids is 1. The van der Waals surface area contributed by atoms with Crippen LogP contribution in [0.1, 0.15) is 18.7 Å². The normalized spacial score (nSPS) is 21.0. The first-order chi connectivity index (χ1) is 6.17. The average Bonchev–Trinajstić information content (AvgIpc) is 2.72. The molecule has 0 amide bonds. The summed E-state index contributed by atoms with van der Waals surface area (Å²) in [6.45, 7) is 0. The molecule has 1 atom stereocenters. The molecule has 6 heteroatoms. The van der Waals surface area contributed by atoms with Gasteiger partial charge < -0.3 is 10.2 Å². The minimum absolute atomic E-state index is 0.461. The topological polar surface area (TPSA) is 99.1 Å². The Morgan fingerprint density at radius 1 is 1.69 bits per heavy atom. The lowest BCUT2D eigenvalue weighted by molar-refractivity contribution is -0.148. The number of hydrogen-bond acceptors (Lipinski definition) is 4. The maximum atomic E-state index is 10.6. The molecule has 0 saturated heterocycles. The second-order valence-corrected chi connectivity index (χ2v) is 3.23. The molecule has 1 aliphatic rings. The van der Waals surface area contributed by atoms with Gasteiger partial charge in [-0.25, -0.2) is 9.78 Å². The van der Waals surface area contributed by atoms with Gasteiger partial charge >= 0.3 is 5.97 Å². The summed E-state index contributed by atoms with van der Waals surface area (Å²) in [4.78, 5) is 14.4. The molecule has 1 aromatic heterocycles. The van der Waals surface area contributed by atoms with Crippen molar-refractivity contribution >= 4 is 5.97 Å². The van der Waals surface area contributed by atoms with Crippen molar-refractivity contribution in [3.05, 3.63) is 12.2 Å². The number of aromatic nitrogens is 3. The van der Waals surface area contributed by atoms with E-state index in [0.29, 0.717) is 18.7 Å². The van der Waals surface area contributed by atoms with Crippen LogP contribution in [0.15, 0.2) is 6.33 Å². The number of aromatic amines is 1. The lowest BCUT2D eigenvalue weighted by Gasteiger charge is -2.14. The van der Waals surface area contributed by atoms with Gasteiger partial charge in [0.25, 0.3) is 0 Å². The third-order valence-corrected chi connectivity index (χ3v) is 2.43. The van der Waals surface area contributed by atoms with Crippen molar-refractivity contribution in [2.75, 3.05) is 0 Å². The van der Waals surface area contributed by atoms with Gasteiger partial charge in [0, 0.05) is 0 Å². The van der Waals surface area contributed by atoms with Crippen molar-refractivity contribution in [1.82, 2.24) is 15.2 Å². The molecular weight excluding hydrogens is 174 g/mol. The number of carboxylic acid groups (broad SMARTS) is 1. The summed E-state index contributed by atoms with van der Waals surface area (Å²) >= 11 is 0. The fourth-order valence-electron chi connectivity index (χ4n) is 1.46. The summed E-state index contributed by atoms with van der Waals surface area (Å²) in [5, 5.41) is 24.3. The van der Waals surface area contributed by atoms with Crippen LogP contribution in [0.5, 0.6) is 0 Å². The number of hydrogen-bond donors (Lipinski definition) is 3. The monoisotopic (exact) mass is 183 g/mol. The third kappa shape index (κ3) is 1.10. The van der Waals surface area contributed by atoms with Crippen LogP contribution in [0.3, 0.4) is 0 Å². The van der Waals surface area contributed by atoms with Gasteiger partial charge in [-0.1, -0.05) is 0 Å². The first kappa shape index (κ1) is 8.18. The minimum atomic E-state index is -1.39. The zero-order valence-corrected chi connectivity index (χ0v) is 6.77. The molecule has 0 radical (unpaired) electrons. The predicted molar refractivity (Wildman–Crippen MR) is 40.9 cm³/mol. The van der Waals surface area contributed by atoms with Gasteiger partial charge in [0.2, 0.25) is 0 Å². The largest absolute Gasteiger partial charge is 0.479 e. The zero-order chi connectivity index (χ0) is 9.47. The van der Waals surface area contributed by atoms with E-state index in [-0.39, 0.29) is 0 Å². The van der Waals surface area contributed by atoms with E-state index < -0.39 is 17.5 Å². The molecule has 0 aliphatic heterocycles. The van der Waals surface area contributed by atoms with Crippen molar-refractivity contribution in [1.29, 1.82) is 0 Å². The molecule has 1 saturated carbocycles. The Bertz CT molecular complexity index is 318. The number of carbonyl (C=O) groups is 1. The van der Waals surface area contributed by atoms with Crippen LogP contribution in [0.4, 0.5) is 0 Å². The number of aliphatic hydroxyl groups excluding tert-OH is 1. The zero-order valence-electron chi connectivity index (χ0n) is 6.77. The number of carboxylic acids is 1. The number of nitrogens with one attached hydrogen (secondary N) is 1. The molecule has 1 fully saturated rings. The first-order valence-electron chi connectivity index (χ1n) is 3.93. The third-order valence-electron chi connectivity index (χ3n) is 2.43. The molecule has 1 heterocycles. The number of nitrogens with zero attached hydrogens (tertiary/aromatic N) is 2. The fourth-order valence-corrected chi connectivity index (χ4v) is 1.46. The van der Waals surface area contributed by atoms with E-state index in [1.165, 1.54) is 6.33 Å². The molecule has 0 aromatic carbocycles. The summed E-state index contributed by atoms with van der Waals surface area (Å²) < 4.78 is 0. The number of rotatable bonds is 3. The second kappa shape index (κ2) is 2.53. The molecule has 1 aromatic rings. The highest BCUT2D eigenvalue weighted by atomic mass is 16.4. The Morgan fingerprint density at radius 2 is 2.38 bits per heavy atom. The van der Waals surface area contributed by atoms with Crippen molar-refractivity contribution in [3.63, 3.8) is 0 Å². The highest BCUT2D eigenvalue weighted by Gasteiger charge is 2.55. The lowest BCUT2D eigenvalue weighted by Crippen LogP contribution is -2.34. The molecule has 2 rings (SSSR count). The van der Waals surface area contributed by atoms with Crippen LogP contribution in [0.2, 0.25) is 0 Å². The van der Waals surface area contributed by atoms with Crippen molar-refractivity contribution in [2.24, 2.45) is 0 Å². The average molecular weight is 183 g/mol. The summed E-state index contributed by atoms with van der Waals surface area (Å²) in [7, 11) is 0. The van der Waals surface area contributed by atoms with E-state index in [0.717, 1.165) is 0 Å². The molecular formula is C7H9N3O3. The van der Waals surface area contributed by atoms with E-state index in [4.69, 9.17) is 5.11 Å². The summed E-state index contributed by atoms with van der Waals surface area (Å²) in [6, 6.07) is 0. The maximum absolute atomic E-state index is 10.6. The van der Waals surface area contributed by atoms with Crippen LogP contribution < -0.4 is 0 Å². The van der Waals surface area contributed by atoms with E-state index in [9.17, 15) is 9.90 Å². The summed E-state index contributed by atoms with van der Waals surface area (Å²) in [5.41, 5.74) is -0.720. The van der Waals surface area contributed by atoms with Crippen LogP contribution in [0, 0.1) is 0 Å². The standard InChI is InChI=1S/C7H9N3O3/c11-4(5(12)13)7(1-2-7)6-8-3-9-10-6/h3-4,11H,1-2H2,(H,12,13)(H,8,9,10). The number of H-pyrrole nitrogens is 1. The molecule has 13 heavy (non-hydrogen) atoms. The quantitative estimate of drug-likeness (QED) is 0.574. The maximum Gasteiger partial charge on any atom is 0.333 e. The van der Waals surface area contributed by atoms with Gasteiger partial charge in [-0.05, 0) is 12.8 Å². The van der Waals surface area contributed by atoms with Crippen LogP contribution in [-0.2, 0) is 10.2 Å². The van der Waals surface area contributed by atoms with Gasteiger partial charge in [0.15, 0.2) is 6.10 Å². The summed E-state index contributed by atoms with van der Waals surface area (Å²) in [6.07, 6.45) is 1.19.